The highest BCUT2D eigenvalue weighted by Gasteiger charge is 2.63. The van der Waals surface area contributed by atoms with Gasteiger partial charge in [0.1, 0.15) is 12.5 Å². The molecule has 1 saturated carbocycles. The molecule has 0 aromatic carbocycles. The molecule has 0 bridgehead atoms. The smallest absolute Gasteiger partial charge is 0.302 e. The lowest BCUT2D eigenvalue weighted by molar-refractivity contribution is -0.192. The number of hydrogen-bond donors (Lipinski definition) is 0. The summed E-state index contributed by atoms with van der Waals surface area (Å²) in [7, 11) is 0. The van der Waals surface area contributed by atoms with E-state index in [1.807, 2.05) is 27.8 Å². The minimum atomic E-state index is -4.15. The van der Waals surface area contributed by atoms with E-state index in [2.05, 4.69) is 15.0 Å². The molecule has 11 heteroatoms. The number of aromatic nitrogens is 4. The van der Waals surface area contributed by atoms with Crippen LogP contribution in [0.3, 0.4) is 0 Å². The van der Waals surface area contributed by atoms with Gasteiger partial charge < -0.3 is 4.90 Å². The Kier molecular flexibility index (Phi) is 6.91. The lowest BCUT2D eigenvalue weighted by Gasteiger charge is -2.34. The molecule has 0 spiro atoms. The SMILES string of the molecule is O=C(Cc1cc2nc(-c3cnn4c3CN(CCF)CC4)ccc2cn1)C1CCN(CC2(C(F)(F)F)CC2)CC1. The number of fused-ring (bicyclic) bond motifs is 2. The molecule has 0 atom stereocenters. The van der Waals surface area contributed by atoms with Gasteiger partial charge in [0.25, 0.3) is 0 Å². The molecule has 1 aliphatic carbocycles. The second-order valence-corrected chi connectivity index (χ2v) is 11.2. The Morgan fingerprint density at radius 2 is 1.85 bits per heavy atom. The zero-order chi connectivity index (χ0) is 27.2. The standard InChI is InChI=1S/C28H32F4N6O/c29-7-10-36-11-12-38-25(17-36)22(16-34-38)23-2-1-20-15-33-21(13-24(20)35-23)14-26(39)19-3-8-37(9-4-19)18-27(5-6-27)28(30,31)32/h1-2,13,15-16,19H,3-12,14,17-18H2. The summed E-state index contributed by atoms with van der Waals surface area (Å²) in [6, 6.07) is 5.72. The molecule has 6 rings (SSSR count). The number of halogens is 4. The molecule has 3 aromatic rings. The number of ketones is 1. The van der Waals surface area contributed by atoms with Crippen LogP contribution in [0.25, 0.3) is 22.2 Å². The van der Waals surface area contributed by atoms with Gasteiger partial charge >= 0.3 is 6.18 Å². The molecule has 0 unspecified atom stereocenters. The summed E-state index contributed by atoms with van der Waals surface area (Å²) in [5.41, 5.74) is 2.54. The molecule has 0 amide bonds. The number of nitrogens with zero attached hydrogens (tertiary/aromatic N) is 6. The van der Waals surface area contributed by atoms with Crippen LogP contribution in [0.4, 0.5) is 17.6 Å². The van der Waals surface area contributed by atoms with E-state index in [-0.39, 0.29) is 44.2 Å². The molecule has 208 valence electrons. The first-order valence-corrected chi connectivity index (χ1v) is 13.7. The molecule has 0 radical (unpaired) electrons. The average molecular weight is 545 g/mol. The maximum atomic E-state index is 13.3. The molecule has 39 heavy (non-hydrogen) atoms. The molecule has 2 fully saturated rings. The number of pyridine rings is 2. The number of piperidine rings is 1. The highest BCUT2D eigenvalue weighted by atomic mass is 19.4. The monoisotopic (exact) mass is 544 g/mol. The largest absolute Gasteiger partial charge is 0.395 e. The van der Waals surface area contributed by atoms with Crippen molar-refractivity contribution in [3.8, 4) is 11.3 Å². The van der Waals surface area contributed by atoms with Crippen molar-refractivity contribution in [2.24, 2.45) is 11.3 Å². The van der Waals surface area contributed by atoms with Gasteiger partial charge in [0, 0.05) is 61.4 Å². The van der Waals surface area contributed by atoms with Crippen molar-refractivity contribution < 1.29 is 22.4 Å². The summed E-state index contributed by atoms with van der Waals surface area (Å²) in [5.74, 6) is -0.0847. The Balaban J connectivity index is 1.11. The van der Waals surface area contributed by atoms with Crippen LogP contribution in [0.2, 0.25) is 0 Å². The minimum Gasteiger partial charge on any atom is -0.302 e. The highest BCUT2D eigenvalue weighted by Crippen LogP contribution is 2.58. The predicted octanol–water partition coefficient (Wildman–Crippen LogP) is 4.44. The quantitative estimate of drug-likeness (QED) is 0.391. The number of rotatable bonds is 8. The van der Waals surface area contributed by atoms with E-state index in [1.165, 1.54) is 0 Å². The van der Waals surface area contributed by atoms with E-state index >= 15 is 0 Å². The Morgan fingerprint density at radius 1 is 1.05 bits per heavy atom. The summed E-state index contributed by atoms with van der Waals surface area (Å²) >= 11 is 0. The summed E-state index contributed by atoms with van der Waals surface area (Å²) in [6.45, 7) is 3.18. The van der Waals surface area contributed by atoms with Crippen molar-refractivity contribution in [3.05, 3.63) is 42.0 Å². The molecule has 5 heterocycles. The van der Waals surface area contributed by atoms with Gasteiger partial charge in [-0.2, -0.15) is 18.3 Å². The van der Waals surface area contributed by atoms with E-state index in [0.29, 0.717) is 51.3 Å². The first-order chi connectivity index (χ1) is 18.7. The zero-order valence-corrected chi connectivity index (χ0v) is 21.8. The zero-order valence-electron chi connectivity index (χ0n) is 21.8. The van der Waals surface area contributed by atoms with Crippen molar-refractivity contribution in [3.63, 3.8) is 0 Å². The maximum absolute atomic E-state index is 13.3. The second-order valence-electron chi connectivity index (χ2n) is 11.2. The summed E-state index contributed by atoms with van der Waals surface area (Å²) in [6.07, 6.45) is 1.13. The van der Waals surface area contributed by atoms with Crippen LogP contribution in [0.15, 0.2) is 30.6 Å². The van der Waals surface area contributed by atoms with Crippen molar-refractivity contribution in [2.45, 2.75) is 51.4 Å². The van der Waals surface area contributed by atoms with Crippen LogP contribution >= 0.6 is 0 Å². The van der Waals surface area contributed by atoms with Crippen LogP contribution in [0.5, 0.6) is 0 Å². The van der Waals surface area contributed by atoms with Crippen LogP contribution in [-0.2, 0) is 24.3 Å². The molecular weight excluding hydrogens is 512 g/mol. The van der Waals surface area contributed by atoms with Crippen LogP contribution < -0.4 is 0 Å². The maximum Gasteiger partial charge on any atom is 0.395 e. The molecule has 3 aromatic heterocycles. The third-order valence-electron chi connectivity index (χ3n) is 8.64. The van der Waals surface area contributed by atoms with Crippen molar-refractivity contribution in [2.75, 3.05) is 39.4 Å². The molecular formula is C28H32F4N6O. The third-order valence-corrected chi connectivity index (χ3v) is 8.64. The van der Waals surface area contributed by atoms with Gasteiger partial charge in [-0.25, -0.2) is 9.37 Å². The Hall–Kier alpha value is -2.92. The topological polar surface area (TPSA) is 67.2 Å². The summed E-state index contributed by atoms with van der Waals surface area (Å²) in [5, 5.41) is 5.36. The number of carbonyl (C=O) groups is 1. The van der Waals surface area contributed by atoms with E-state index in [4.69, 9.17) is 4.98 Å². The van der Waals surface area contributed by atoms with Crippen molar-refractivity contribution >= 4 is 16.7 Å². The van der Waals surface area contributed by atoms with Gasteiger partial charge in [0.2, 0.25) is 0 Å². The van der Waals surface area contributed by atoms with Crippen LogP contribution in [0, 0.1) is 11.3 Å². The van der Waals surface area contributed by atoms with E-state index < -0.39 is 11.6 Å². The van der Waals surface area contributed by atoms with Crippen LogP contribution in [-0.4, -0.2) is 80.9 Å². The normalized spacial score (nSPS) is 20.3. The van der Waals surface area contributed by atoms with Crippen LogP contribution in [0.1, 0.15) is 37.1 Å². The number of hydrogen-bond acceptors (Lipinski definition) is 6. The van der Waals surface area contributed by atoms with E-state index in [9.17, 15) is 22.4 Å². The number of carbonyl (C=O) groups excluding carboxylic acids is 1. The van der Waals surface area contributed by atoms with Gasteiger partial charge in [-0.15, -0.1) is 0 Å². The van der Waals surface area contributed by atoms with Gasteiger partial charge in [-0.1, -0.05) is 0 Å². The van der Waals surface area contributed by atoms with E-state index in [0.717, 1.165) is 34.4 Å². The fourth-order valence-electron chi connectivity index (χ4n) is 5.97. The summed E-state index contributed by atoms with van der Waals surface area (Å²) in [4.78, 5) is 26.3. The fourth-order valence-corrected chi connectivity index (χ4v) is 5.97. The predicted molar refractivity (Wildman–Crippen MR) is 138 cm³/mol. The second kappa shape index (κ2) is 10.2. The summed E-state index contributed by atoms with van der Waals surface area (Å²) < 4.78 is 54.8. The molecule has 2 aliphatic heterocycles. The van der Waals surface area contributed by atoms with Gasteiger partial charge in [-0.05, 0) is 57.0 Å². The molecule has 1 saturated heterocycles. The van der Waals surface area contributed by atoms with Gasteiger partial charge in [0.05, 0.1) is 35.1 Å². The van der Waals surface area contributed by atoms with Gasteiger partial charge in [-0.3, -0.25) is 19.4 Å². The molecule has 3 aliphatic rings. The lowest BCUT2D eigenvalue weighted by Crippen LogP contribution is -2.43. The first kappa shape index (κ1) is 26.3. The minimum absolute atomic E-state index is 0.0478. The fraction of sp³-hybridized carbons (Fsp3) is 0.571. The van der Waals surface area contributed by atoms with Gasteiger partial charge in [0.15, 0.2) is 0 Å². The highest BCUT2D eigenvalue weighted by molar-refractivity contribution is 5.85. The molecule has 0 N–H and O–H groups in total. The Labute approximate surface area is 224 Å². The van der Waals surface area contributed by atoms with Crippen molar-refractivity contribution in [1.29, 1.82) is 0 Å². The Bertz CT molecular complexity index is 1360. The molecule has 7 nitrogen and oxygen atoms in total. The number of alkyl halides is 4. The number of likely N-dealkylation sites (tertiary alicyclic amines) is 1. The average Bonchev–Trinajstić information content (AvgIpc) is 3.60. The van der Waals surface area contributed by atoms with Crippen molar-refractivity contribution in [1.82, 2.24) is 29.5 Å². The first-order valence-electron chi connectivity index (χ1n) is 13.7. The Morgan fingerprint density at radius 3 is 2.56 bits per heavy atom. The third kappa shape index (κ3) is 5.30. The number of Topliss-reactive ketones (excluding diaryl/α,β-unsaturated/α-hetero) is 1. The van der Waals surface area contributed by atoms with E-state index in [1.54, 1.807) is 12.4 Å². The lowest BCUT2D eigenvalue weighted by atomic mass is 9.89.